The second-order valence-electron chi connectivity index (χ2n) is 4.20. The van der Waals surface area contributed by atoms with E-state index in [2.05, 4.69) is 5.32 Å². The molecule has 0 spiro atoms. The average Bonchev–Trinajstić information content (AvgIpc) is 2.44. The summed E-state index contributed by atoms with van der Waals surface area (Å²) < 4.78 is 13.4. The predicted molar refractivity (Wildman–Crippen MR) is 75.1 cm³/mol. The Balaban J connectivity index is 2.23. The zero-order valence-corrected chi connectivity index (χ0v) is 11.2. The summed E-state index contributed by atoms with van der Waals surface area (Å²) >= 11 is 5.73. The van der Waals surface area contributed by atoms with Gasteiger partial charge in [0.05, 0.1) is 0 Å². The van der Waals surface area contributed by atoms with E-state index in [4.69, 9.17) is 11.6 Å². The quantitative estimate of drug-likeness (QED) is 0.840. The number of hydrogen-bond donors (Lipinski definition) is 1. The van der Waals surface area contributed by atoms with Crippen molar-refractivity contribution in [3.8, 4) is 0 Å². The van der Waals surface area contributed by atoms with E-state index >= 15 is 0 Å². The van der Waals surface area contributed by atoms with E-state index in [0.29, 0.717) is 22.7 Å². The summed E-state index contributed by atoms with van der Waals surface area (Å²) in [7, 11) is 0. The lowest BCUT2D eigenvalue weighted by Gasteiger charge is -2.09. The molecule has 0 aliphatic heterocycles. The van der Waals surface area contributed by atoms with E-state index in [9.17, 15) is 9.18 Å². The first-order chi connectivity index (χ1) is 9.11. The van der Waals surface area contributed by atoms with Crippen molar-refractivity contribution in [2.75, 3.05) is 5.32 Å². The third-order valence-electron chi connectivity index (χ3n) is 2.86. The van der Waals surface area contributed by atoms with E-state index in [1.54, 1.807) is 37.3 Å². The summed E-state index contributed by atoms with van der Waals surface area (Å²) in [5.74, 6) is -0.270. The molecule has 0 heterocycles. The summed E-state index contributed by atoms with van der Waals surface area (Å²) in [4.78, 5) is 12.1. The van der Waals surface area contributed by atoms with Gasteiger partial charge in [-0.25, -0.2) is 4.39 Å². The molecular formula is C15H13ClFNO. The highest BCUT2D eigenvalue weighted by Crippen LogP contribution is 2.18. The SMILES string of the molecule is Cc1c(F)cccc1NC(=O)c1cccc(CCl)c1. The van der Waals surface area contributed by atoms with Crippen LogP contribution >= 0.6 is 11.6 Å². The standard InChI is InChI=1S/C15H13ClFNO/c1-10-13(17)6-3-7-14(10)18-15(19)12-5-2-4-11(8-12)9-16/h2-8H,9H2,1H3,(H,18,19). The van der Waals surface area contributed by atoms with Crippen molar-refractivity contribution in [3.63, 3.8) is 0 Å². The Morgan fingerprint density at radius 1 is 1.26 bits per heavy atom. The number of benzene rings is 2. The third-order valence-corrected chi connectivity index (χ3v) is 3.17. The van der Waals surface area contributed by atoms with Crippen LogP contribution < -0.4 is 5.32 Å². The van der Waals surface area contributed by atoms with Crippen molar-refractivity contribution in [3.05, 3.63) is 65.0 Å². The zero-order valence-electron chi connectivity index (χ0n) is 10.4. The van der Waals surface area contributed by atoms with Gasteiger partial charge in [0.25, 0.3) is 5.91 Å². The van der Waals surface area contributed by atoms with Gasteiger partial charge < -0.3 is 5.32 Å². The Hall–Kier alpha value is -1.87. The molecule has 0 aliphatic rings. The van der Waals surface area contributed by atoms with Gasteiger partial charge >= 0.3 is 0 Å². The second-order valence-corrected chi connectivity index (χ2v) is 4.47. The van der Waals surface area contributed by atoms with Crippen LogP contribution in [0, 0.1) is 12.7 Å². The number of amides is 1. The molecule has 0 atom stereocenters. The summed E-state index contributed by atoms with van der Waals surface area (Å²) in [5, 5.41) is 2.70. The molecule has 4 heteroatoms. The fraction of sp³-hybridized carbons (Fsp3) is 0.133. The van der Waals surface area contributed by atoms with Crippen molar-refractivity contribution in [2.45, 2.75) is 12.8 Å². The Labute approximate surface area is 116 Å². The molecule has 0 radical (unpaired) electrons. The third kappa shape index (κ3) is 3.12. The minimum atomic E-state index is -0.340. The molecule has 0 unspecified atom stereocenters. The maximum Gasteiger partial charge on any atom is 0.255 e. The molecule has 0 saturated heterocycles. The largest absolute Gasteiger partial charge is 0.322 e. The summed E-state index contributed by atoms with van der Waals surface area (Å²) in [6.45, 7) is 1.63. The number of carbonyl (C=O) groups excluding carboxylic acids is 1. The minimum Gasteiger partial charge on any atom is -0.322 e. The lowest BCUT2D eigenvalue weighted by molar-refractivity contribution is 0.102. The van der Waals surface area contributed by atoms with Crippen molar-refractivity contribution >= 4 is 23.2 Å². The molecule has 2 rings (SSSR count). The number of nitrogens with one attached hydrogen (secondary N) is 1. The number of alkyl halides is 1. The molecule has 0 fully saturated rings. The molecule has 0 bridgehead atoms. The lowest BCUT2D eigenvalue weighted by Crippen LogP contribution is -2.13. The molecule has 2 aromatic carbocycles. The van der Waals surface area contributed by atoms with Gasteiger partial charge in [-0.2, -0.15) is 0 Å². The summed E-state index contributed by atoms with van der Waals surface area (Å²) in [6.07, 6.45) is 0. The van der Waals surface area contributed by atoms with Gasteiger partial charge in [0.2, 0.25) is 0 Å². The molecule has 19 heavy (non-hydrogen) atoms. The fourth-order valence-electron chi connectivity index (χ4n) is 1.73. The molecule has 0 aliphatic carbocycles. The lowest BCUT2D eigenvalue weighted by atomic mass is 10.1. The first-order valence-corrected chi connectivity index (χ1v) is 6.36. The molecule has 1 amide bonds. The molecule has 1 N–H and O–H groups in total. The Bertz CT molecular complexity index is 613. The van der Waals surface area contributed by atoms with Gasteiger partial charge in [0.1, 0.15) is 5.82 Å². The summed E-state index contributed by atoms with van der Waals surface area (Å²) in [6, 6.07) is 11.6. The van der Waals surface area contributed by atoms with E-state index < -0.39 is 0 Å². The smallest absolute Gasteiger partial charge is 0.255 e. The fourth-order valence-corrected chi connectivity index (χ4v) is 1.90. The van der Waals surface area contributed by atoms with Crippen LogP contribution in [0.25, 0.3) is 0 Å². The number of anilines is 1. The first kappa shape index (κ1) is 13.6. The average molecular weight is 278 g/mol. The van der Waals surface area contributed by atoms with Crippen LogP contribution in [0.15, 0.2) is 42.5 Å². The summed E-state index contributed by atoms with van der Waals surface area (Å²) in [5.41, 5.74) is 2.26. The normalized spacial score (nSPS) is 10.3. The van der Waals surface area contributed by atoms with Crippen LogP contribution in [0.3, 0.4) is 0 Å². The highest BCUT2D eigenvalue weighted by atomic mass is 35.5. The molecular weight excluding hydrogens is 265 g/mol. The van der Waals surface area contributed by atoms with E-state index in [1.807, 2.05) is 6.07 Å². The molecule has 0 saturated carbocycles. The topological polar surface area (TPSA) is 29.1 Å². The predicted octanol–water partition coefficient (Wildman–Crippen LogP) is 4.13. The number of halogens is 2. The van der Waals surface area contributed by atoms with Crippen LogP contribution in [0.2, 0.25) is 0 Å². The van der Waals surface area contributed by atoms with E-state index in [1.165, 1.54) is 6.07 Å². The Morgan fingerprint density at radius 2 is 2.00 bits per heavy atom. The number of carbonyl (C=O) groups is 1. The van der Waals surface area contributed by atoms with Crippen molar-refractivity contribution < 1.29 is 9.18 Å². The highest BCUT2D eigenvalue weighted by molar-refractivity contribution is 6.17. The second kappa shape index (κ2) is 5.85. The van der Waals surface area contributed by atoms with Crippen molar-refractivity contribution in [1.82, 2.24) is 0 Å². The molecule has 98 valence electrons. The highest BCUT2D eigenvalue weighted by Gasteiger charge is 2.09. The zero-order chi connectivity index (χ0) is 13.8. The van der Waals surface area contributed by atoms with Crippen molar-refractivity contribution in [1.29, 1.82) is 0 Å². The van der Waals surface area contributed by atoms with Crippen LogP contribution in [0.5, 0.6) is 0 Å². The van der Waals surface area contributed by atoms with Crippen LogP contribution in [-0.2, 0) is 5.88 Å². The van der Waals surface area contributed by atoms with Crippen LogP contribution in [0.4, 0.5) is 10.1 Å². The van der Waals surface area contributed by atoms with Gasteiger partial charge in [0, 0.05) is 22.7 Å². The van der Waals surface area contributed by atoms with Crippen molar-refractivity contribution in [2.24, 2.45) is 0 Å². The van der Waals surface area contributed by atoms with Gasteiger partial charge in [0.15, 0.2) is 0 Å². The maximum atomic E-state index is 13.4. The van der Waals surface area contributed by atoms with Gasteiger partial charge in [-0.1, -0.05) is 18.2 Å². The van der Waals surface area contributed by atoms with E-state index in [-0.39, 0.29) is 11.7 Å². The van der Waals surface area contributed by atoms with Crippen LogP contribution in [-0.4, -0.2) is 5.91 Å². The number of hydrogen-bond acceptors (Lipinski definition) is 1. The maximum absolute atomic E-state index is 13.4. The van der Waals surface area contributed by atoms with Gasteiger partial charge in [-0.3, -0.25) is 4.79 Å². The van der Waals surface area contributed by atoms with Gasteiger partial charge in [-0.15, -0.1) is 11.6 Å². The van der Waals surface area contributed by atoms with E-state index in [0.717, 1.165) is 5.56 Å². The molecule has 2 nitrogen and oxygen atoms in total. The minimum absolute atomic E-state index is 0.277. The Morgan fingerprint density at radius 3 is 2.74 bits per heavy atom. The Kier molecular flexibility index (Phi) is 4.17. The molecule has 0 aromatic heterocycles. The monoisotopic (exact) mass is 277 g/mol. The van der Waals surface area contributed by atoms with Gasteiger partial charge in [-0.05, 0) is 36.8 Å². The number of rotatable bonds is 3. The van der Waals surface area contributed by atoms with Crippen LogP contribution in [0.1, 0.15) is 21.5 Å². The first-order valence-electron chi connectivity index (χ1n) is 5.83. The molecule has 2 aromatic rings.